The highest BCUT2D eigenvalue weighted by atomic mass is 19.1. The SMILES string of the molecule is O=C1C=CC(=O)N1CCOCCOCCOCCOCCOCCF. The number of ether oxygens (including phenoxy) is 5. The van der Waals surface area contributed by atoms with Crippen LogP contribution in [0.2, 0.25) is 0 Å². The number of imide groups is 1. The number of amides is 2. The third-order valence-corrected chi connectivity index (χ3v) is 3.07. The molecule has 0 radical (unpaired) electrons. The summed E-state index contributed by atoms with van der Waals surface area (Å²) in [6, 6.07) is 0. The lowest BCUT2D eigenvalue weighted by Gasteiger charge is -2.13. The van der Waals surface area contributed by atoms with Crippen molar-refractivity contribution in [3.8, 4) is 0 Å². The number of rotatable bonds is 17. The first-order valence-electron chi connectivity index (χ1n) is 8.24. The number of carbonyl (C=O) groups excluding carboxylic acids is 2. The topological polar surface area (TPSA) is 83.5 Å². The molecule has 0 saturated heterocycles. The van der Waals surface area contributed by atoms with Crippen molar-refractivity contribution in [1.82, 2.24) is 4.90 Å². The minimum absolute atomic E-state index is 0.104. The smallest absolute Gasteiger partial charge is 0.253 e. The summed E-state index contributed by atoms with van der Waals surface area (Å²) >= 11 is 0. The molecule has 25 heavy (non-hydrogen) atoms. The number of nitrogens with zero attached hydrogens (tertiary/aromatic N) is 1. The molecule has 0 aromatic heterocycles. The Hall–Kier alpha value is -1.39. The fourth-order valence-electron chi connectivity index (χ4n) is 1.84. The fraction of sp³-hybridized carbons (Fsp3) is 0.750. The van der Waals surface area contributed by atoms with Gasteiger partial charge in [0.1, 0.15) is 6.67 Å². The van der Waals surface area contributed by atoms with Gasteiger partial charge in [-0.1, -0.05) is 0 Å². The zero-order valence-corrected chi connectivity index (χ0v) is 14.3. The highest BCUT2D eigenvalue weighted by Gasteiger charge is 2.22. The van der Waals surface area contributed by atoms with E-state index in [0.29, 0.717) is 52.9 Å². The molecule has 0 aromatic rings. The number of halogens is 1. The lowest BCUT2D eigenvalue weighted by Crippen LogP contribution is -2.33. The molecule has 0 bridgehead atoms. The summed E-state index contributed by atoms with van der Waals surface area (Å²) in [5.41, 5.74) is 0. The van der Waals surface area contributed by atoms with Gasteiger partial charge in [0.25, 0.3) is 11.8 Å². The maximum absolute atomic E-state index is 11.7. The normalized spacial score (nSPS) is 14.0. The highest BCUT2D eigenvalue weighted by Crippen LogP contribution is 2.02. The van der Waals surface area contributed by atoms with Crippen molar-refractivity contribution in [2.45, 2.75) is 0 Å². The predicted octanol–water partition coefficient (Wildman–Crippen LogP) is -0.0361. The quantitative estimate of drug-likeness (QED) is 0.265. The molecular formula is C16H26FNO7. The predicted molar refractivity (Wildman–Crippen MR) is 85.9 cm³/mol. The Morgan fingerprint density at radius 3 is 1.40 bits per heavy atom. The molecular weight excluding hydrogens is 337 g/mol. The van der Waals surface area contributed by atoms with E-state index in [1.54, 1.807) is 0 Å². The molecule has 0 atom stereocenters. The fourth-order valence-corrected chi connectivity index (χ4v) is 1.84. The molecule has 0 fully saturated rings. The van der Waals surface area contributed by atoms with Crippen LogP contribution in [0.1, 0.15) is 0 Å². The van der Waals surface area contributed by atoms with Crippen molar-refractivity contribution >= 4 is 11.8 Å². The maximum atomic E-state index is 11.7. The van der Waals surface area contributed by atoms with Gasteiger partial charge in [0.2, 0.25) is 0 Å². The Morgan fingerprint density at radius 2 is 1.00 bits per heavy atom. The number of hydrogen-bond donors (Lipinski definition) is 0. The van der Waals surface area contributed by atoms with Gasteiger partial charge in [0.15, 0.2) is 0 Å². The van der Waals surface area contributed by atoms with Crippen LogP contribution in [-0.2, 0) is 33.3 Å². The molecule has 1 rings (SSSR count). The average molecular weight is 363 g/mol. The van der Waals surface area contributed by atoms with Gasteiger partial charge in [-0.25, -0.2) is 4.39 Å². The molecule has 1 aliphatic rings. The minimum atomic E-state index is -0.483. The Kier molecular flexibility index (Phi) is 12.9. The van der Waals surface area contributed by atoms with E-state index in [1.807, 2.05) is 0 Å². The van der Waals surface area contributed by atoms with E-state index in [0.717, 1.165) is 4.90 Å². The van der Waals surface area contributed by atoms with Crippen molar-refractivity contribution in [3.05, 3.63) is 12.2 Å². The molecule has 0 aromatic carbocycles. The van der Waals surface area contributed by atoms with Gasteiger partial charge in [0.05, 0.1) is 72.6 Å². The Morgan fingerprint density at radius 1 is 0.640 bits per heavy atom. The lowest BCUT2D eigenvalue weighted by atomic mass is 10.5. The van der Waals surface area contributed by atoms with Gasteiger partial charge in [-0.2, -0.15) is 0 Å². The molecule has 0 saturated carbocycles. The molecule has 0 spiro atoms. The molecule has 0 N–H and O–H groups in total. The molecule has 8 nitrogen and oxygen atoms in total. The van der Waals surface area contributed by atoms with Crippen LogP contribution in [0.4, 0.5) is 4.39 Å². The van der Waals surface area contributed by atoms with Crippen LogP contribution >= 0.6 is 0 Å². The molecule has 144 valence electrons. The van der Waals surface area contributed by atoms with Crippen molar-refractivity contribution in [3.63, 3.8) is 0 Å². The van der Waals surface area contributed by atoms with E-state index in [4.69, 9.17) is 23.7 Å². The summed E-state index contributed by atoms with van der Waals surface area (Å²) in [5.74, 6) is -0.614. The van der Waals surface area contributed by atoms with E-state index < -0.39 is 6.67 Å². The summed E-state index contributed by atoms with van der Waals surface area (Å²) in [6.45, 7) is 3.52. The van der Waals surface area contributed by atoms with Gasteiger partial charge in [-0.15, -0.1) is 0 Å². The van der Waals surface area contributed by atoms with Crippen LogP contribution in [0.3, 0.4) is 0 Å². The van der Waals surface area contributed by atoms with Crippen LogP contribution < -0.4 is 0 Å². The molecule has 0 aliphatic carbocycles. The van der Waals surface area contributed by atoms with E-state index in [-0.39, 0.29) is 31.6 Å². The van der Waals surface area contributed by atoms with Gasteiger partial charge in [-0.05, 0) is 0 Å². The van der Waals surface area contributed by atoms with Crippen LogP contribution in [-0.4, -0.2) is 96.0 Å². The summed E-state index contributed by atoms with van der Waals surface area (Å²) in [5, 5.41) is 0. The molecule has 0 unspecified atom stereocenters. The van der Waals surface area contributed by atoms with Gasteiger partial charge >= 0.3 is 0 Å². The lowest BCUT2D eigenvalue weighted by molar-refractivity contribution is -0.137. The van der Waals surface area contributed by atoms with E-state index in [1.165, 1.54) is 12.2 Å². The average Bonchev–Trinajstić information content (AvgIpc) is 2.93. The standard InChI is InChI=1S/C16H26FNO7/c17-3-5-21-7-9-23-11-13-25-14-12-24-10-8-22-6-4-18-15(19)1-2-16(18)20/h1-2H,3-14H2. The molecule has 1 aliphatic heterocycles. The minimum Gasteiger partial charge on any atom is -0.377 e. The second kappa shape index (κ2) is 14.9. The van der Waals surface area contributed by atoms with E-state index >= 15 is 0 Å². The van der Waals surface area contributed by atoms with Crippen molar-refractivity contribution in [2.75, 3.05) is 79.3 Å². The Balaban J connectivity index is 1.73. The second-order valence-corrected chi connectivity index (χ2v) is 4.91. The maximum Gasteiger partial charge on any atom is 0.253 e. The van der Waals surface area contributed by atoms with E-state index in [2.05, 4.69) is 0 Å². The monoisotopic (exact) mass is 363 g/mol. The second-order valence-electron chi connectivity index (χ2n) is 4.91. The Bertz CT molecular complexity index is 388. The van der Waals surface area contributed by atoms with E-state index in [9.17, 15) is 14.0 Å². The summed E-state index contributed by atoms with van der Waals surface area (Å²) in [4.78, 5) is 23.7. The number of alkyl halides is 1. The largest absolute Gasteiger partial charge is 0.377 e. The molecule has 1 heterocycles. The van der Waals surface area contributed by atoms with Crippen molar-refractivity contribution in [1.29, 1.82) is 0 Å². The number of carbonyl (C=O) groups is 2. The third kappa shape index (κ3) is 11.0. The van der Waals surface area contributed by atoms with Crippen molar-refractivity contribution in [2.24, 2.45) is 0 Å². The first-order valence-corrected chi connectivity index (χ1v) is 8.24. The zero-order valence-electron chi connectivity index (χ0n) is 14.3. The van der Waals surface area contributed by atoms with Gasteiger partial charge < -0.3 is 23.7 Å². The van der Waals surface area contributed by atoms with Gasteiger partial charge in [0, 0.05) is 12.2 Å². The van der Waals surface area contributed by atoms with Gasteiger partial charge in [-0.3, -0.25) is 14.5 Å². The van der Waals surface area contributed by atoms with Crippen LogP contribution in [0.5, 0.6) is 0 Å². The number of hydrogen-bond acceptors (Lipinski definition) is 7. The van der Waals surface area contributed by atoms with Crippen LogP contribution in [0.25, 0.3) is 0 Å². The first kappa shape index (κ1) is 21.7. The van der Waals surface area contributed by atoms with Crippen LogP contribution in [0.15, 0.2) is 12.2 Å². The van der Waals surface area contributed by atoms with Crippen LogP contribution in [0, 0.1) is 0 Å². The third-order valence-electron chi connectivity index (χ3n) is 3.07. The summed E-state index contributed by atoms with van der Waals surface area (Å²) in [6.07, 6.45) is 2.49. The van der Waals surface area contributed by atoms with Crippen molar-refractivity contribution < 1.29 is 37.7 Å². The summed E-state index contributed by atoms with van der Waals surface area (Å²) < 4.78 is 37.8. The molecule has 9 heteroatoms. The molecule has 2 amide bonds. The Labute approximate surface area is 146 Å². The summed E-state index contributed by atoms with van der Waals surface area (Å²) in [7, 11) is 0. The first-order chi connectivity index (χ1) is 12.3. The zero-order chi connectivity index (χ0) is 18.2. The highest BCUT2D eigenvalue weighted by molar-refractivity contribution is 6.12.